The average Bonchev–Trinajstić information content (AvgIpc) is 2.69. The lowest BCUT2D eigenvalue weighted by Crippen LogP contribution is -2.29. The van der Waals surface area contributed by atoms with Crippen molar-refractivity contribution in [2.45, 2.75) is 33.2 Å². The van der Waals surface area contributed by atoms with Crippen LogP contribution in [-0.4, -0.2) is 17.6 Å². The Morgan fingerprint density at radius 2 is 2.00 bits per heavy atom. The van der Waals surface area contributed by atoms with Gasteiger partial charge in [0.15, 0.2) is 0 Å². The van der Waals surface area contributed by atoms with Crippen molar-refractivity contribution in [2.75, 3.05) is 11.4 Å². The van der Waals surface area contributed by atoms with Gasteiger partial charge < -0.3 is 4.90 Å². The predicted molar refractivity (Wildman–Crippen MR) is 77.1 cm³/mol. The number of aromatic nitrogens is 1. The molecule has 0 amide bonds. The standard InChI is InChI=1S/C16H20N2/c1-11-8-9-18(13(11)3)16-10-12(2)17-15-7-5-4-6-14(15)16/h4-7,10-11,13H,8-9H2,1-3H3. The maximum Gasteiger partial charge on any atom is 0.0726 e. The summed E-state index contributed by atoms with van der Waals surface area (Å²) in [5, 5.41) is 1.28. The minimum atomic E-state index is 0.621. The van der Waals surface area contributed by atoms with Gasteiger partial charge in [0, 0.05) is 29.4 Å². The fraction of sp³-hybridized carbons (Fsp3) is 0.438. The van der Waals surface area contributed by atoms with E-state index in [-0.39, 0.29) is 0 Å². The van der Waals surface area contributed by atoms with Crippen LogP contribution in [0.5, 0.6) is 0 Å². The van der Waals surface area contributed by atoms with Crippen molar-refractivity contribution in [1.29, 1.82) is 0 Å². The van der Waals surface area contributed by atoms with Gasteiger partial charge in [0.1, 0.15) is 0 Å². The highest BCUT2D eigenvalue weighted by Gasteiger charge is 2.28. The largest absolute Gasteiger partial charge is 0.368 e. The lowest BCUT2D eigenvalue weighted by atomic mass is 10.0. The molecule has 1 aromatic heterocycles. The maximum atomic E-state index is 4.63. The zero-order chi connectivity index (χ0) is 12.7. The fourth-order valence-corrected chi connectivity index (χ4v) is 2.96. The minimum Gasteiger partial charge on any atom is -0.368 e. The summed E-state index contributed by atoms with van der Waals surface area (Å²) in [7, 11) is 0. The molecular weight excluding hydrogens is 220 g/mol. The molecule has 1 fully saturated rings. The highest BCUT2D eigenvalue weighted by atomic mass is 15.2. The van der Waals surface area contributed by atoms with Crippen molar-refractivity contribution in [3.05, 3.63) is 36.0 Å². The van der Waals surface area contributed by atoms with Crippen LogP contribution in [0.2, 0.25) is 0 Å². The Morgan fingerprint density at radius 1 is 1.22 bits per heavy atom. The highest BCUT2D eigenvalue weighted by Crippen LogP contribution is 2.34. The normalized spacial score (nSPS) is 23.8. The average molecular weight is 240 g/mol. The van der Waals surface area contributed by atoms with E-state index in [2.05, 4.69) is 61.0 Å². The van der Waals surface area contributed by atoms with Crippen LogP contribution in [-0.2, 0) is 0 Å². The van der Waals surface area contributed by atoms with Gasteiger partial charge in [0.25, 0.3) is 0 Å². The van der Waals surface area contributed by atoms with Crippen LogP contribution in [0.15, 0.2) is 30.3 Å². The topological polar surface area (TPSA) is 16.1 Å². The third-order valence-corrected chi connectivity index (χ3v) is 4.27. The number of fused-ring (bicyclic) bond motifs is 1. The fourth-order valence-electron chi connectivity index (χ4n) is 2.96. The number of pyridine rings is 1. The van der Waals surface area contributed by atoms with E-state index in [0.717, 1.165) is 23.7 Å². The van der Waals surface area contributed by atoms with Crippen LogP contribution < -0.4 is 4.90 Å². The second-order valence-corrected chi connectivity index (χ2v) is 5.50. The number of para-hydroxylation sites is 1. The highest BCUT2D eigenvalue weighted by molar-refractivity contribution is 5.92. The zero-order valence-electron chi connectivity index (χ0n) is 11.4. The second kappa shape index (κ2) is 4.27. The molecule has 0 N–H and O–H groups in total. The van der Waals surface area contributed by atoms with E-state index in [0.29, 0.717) is 6.04 Å². The number of nitrogens with zero attached hydrogens (tertiary/aromatic N) is 2. The molecule has 18 heavy (non-hydrogen) atoms. The maximum absolute atomic E-state index is 4.63. The molecule has 1 aliphatic heterocycles. The van der Waals surface area contributed by atoms with Crippen molar-refractivity contribution in [3.8, 4) is 0 Å². The first kappa shape index (κ1) is 11.5. The molecule has 1 aliphatic rings. The minimum absolute atomic E-state index is 0.621. The van der Waals surface area contributed by atoms with Crippen LogP contribution in [0.1, 0.15) is 26.0 Å². The number of rotatable bonds is 1. The van der Waals surface area contributed by atoms with Crippen molar-refractivity contribution in [1.82, 2.24) is 4.98 Å². The third kappa shape index (κ3) is 1.76. The molecule has 0 aliphatic carbocycles. The van der Waals surface area contributed by atoms with E-state index in [4.69, 9.17) is 0 Å². The monoisotopic (exact) mass is 240 g/mol. The Balaban J connectivity index is 2.16. The van der Waals surface area contributed by atoms with E-state index < -0.39 is 0 Å². The Kier molecular flexibility index (Phi) is 2.73. The number of anilines is 1. The molecule has 94 valence electrons. The first-order chi connectivity index (χ1) is 8.66. The smallest absolute Gasteiger partial charge is 0.0726 e. The lowest BCUT2D eigenvalue weighted by molar-refractivity contribution is 0.546. The van der Waals surface area contributed by atoms with E-state index in [9.17, 15) is 0 Å². The van der Waals surface area contributed by atoms with Gasteiger partial charge in [-0.05, 0) is 38.3 Å². The molecule has 2 unspecified atom stereocenters. The SMILES string of the molecule is Cc1cc(N2CCC(C)C2C)c2ccccc2n1. The van der Waals surface area contributed by atoms with Crippen molar-refractivity contribution in [2.24, 2.45) is 5.92 Å². The van der Waals surface area contributed by atoms with Gasteiger partial charge in [-0.1, -0.05) is 25.1 Å². The van der Waals surface area contributed by atoms with Gasteiger partial charge in [-0.3, -0.25) is 4.98 Å². The van der Waals surface area contributed by atoms with Gasteiger partial charge in [0.05, 0.1) is 5.52 Å². The molecule has 1 saturated heterocycles. The first-order valence-electron chi connectivity index (χ1n) is 6.80. The first-order valence-corrected chi connectivity index (χ1v) is 6.80. The molecule has 0 radical (unpaired) electrons. The van der Waals surface area contributed by atoms with Gasteiger partial charge in [-0.15, -0.1) is 0 Å². The third-order valence-electron chi connectivity index (χ3n) is 4.27. The van der Waals surface area contributed by atoms with E-state index in [1.807, 2.05) is 0 Å². The van der Waals surface area contributed by atoms with Crippen molar-refractivity contribution >= 4 is 16.6 Å². The van der Waals surface area contributed by atoms with E-state index >= 15 is 0 Å². The predicted octanol–water partition coefficient (Wildman–Crippen LogP) is 3.78. The molecule has 2 atom stereocenters. The van der Waals surface area contributed by atoms with Crippen LogP contribution in [0, 0.1) is 12.8 Å². The summed E-state index contributed by atoms with van der Waals surface area (Å²) in [6.45, 7) is 7.93. The number of hydrogen-bond acceptors (Lipinski definition) is 2. The quantitative estimate of drug-likeness (QED) is 0.754. The van der Waals surface area contributed by atoms with E-state index in [1.54, 1.807) is 0 Å². The number of aryl methyl sites for hydroxylation is 1. The molecule has 2 nitrogen and oxygen atoms in total. The molecule has 0 bridgehead atoms. The molecule has 0 spiro atoms. The Labute approximate surface area is 109 Å². The summed E-state index contributed by atoms with van der Waals surface area (Å²) in [4.78, 5) is 7.17. The van der Waals surface area contributed by atoms with E-state index in [1.165, 1.54) is 17.5 Å². The number of benzene rings is 1. The van der Waals surface area contributed by atoms with Crippen LogP contribution >= 0.6 is 0 Å². The Morgan fingerprint density at radius 3 is 2.72 bits per heavy atom. The van der Waals surface area contributed by atoms with Crippen LogP contribution in [0.4, 0.5) is 5.69 Å². The molecule has 0 saturated carbocycles. The molecule has 3 rings (SSSR count). The lowest BCUT2D eigenvalue weighted by Gasteiger charge is -2.27. The zero-order valence-corrected chi connectivity index (χ0v) is 11.4. The Hall–Kier alpha value is -1.57. The second-order valence-electron chi connectivity index (χ2n) is 5.50. The van der Waals surface area contributed by atoms with Crippen molar-refractivity contribution < 1.29 is 0 Å². The summed E-state index contributed by atoms with van der Waals surface area (Å²) in [6, 6.07) is 11.3. The summed E-state index contributed by atoms with van der Waals surface area (Å²) >= 11 is 0. The summed E-state index contributed by atoms with van der Waals surface area (Å²) < 4.78 is 0. The van der Waals surface area contributed by atoms with Gasteiger partial charge in [-0.2, -0.15) is 0 Å². The summed E-state index contributed by atoms with van der Waals surface area (Å²) in [5.74, 6) is 0.775. The summed E-state index contributed by atoms with van der Waals surface area (Å²) in [5.41, 5.74) is 3.57. The Bertz CT molecular complexity index is 576. The van der Waals surface area contributed by atoms with Gasteiger partial charge in [-0.25, -0.2) is 0 Å². The molecule has 2 heterocycles. The van der Waals surface area contributed by atoms with Crippen LogP contribution in [0.25, 0.3) is 10.9 Å². The molecule has 1 aromatic carbocycles. The summed E-state index contributed by atoms with van der Waals surface area (Å²) in [6.07, 6.45) is 1.29. The van der Waals surface area contributed by atoms with Crippen molar-refractivity contribution in [3.63, 3.8) is 0 Å². The van der Waals surface area contributed by atoms with Crippen LogP contribution in [0.3, 0.4) is 0 Å². The van der Waals surface area contributed by atoms with Gasteiger partial charge in [0.2, 0.25) is 0 Å². The molecular formula is C16H20N2. The number of hydrogen-bond donors (Lipinski definition) is 0. The molecule has 2 heteroatoms. The van der Waals surface area contributed by atoms with Gasteiger partial charge >= 0.3 is 0 Å². The molecule has 2 aromatic rings.